The second-order valence-electron chi connectivity index (χ2n) is 5.15. The fourth-order valence-corrected chi connectivity index (χ4v) is 2.30. The second-order valence-corrected chi connectivity index (χ2v) is 5.15. The molecule has 0 saturated heterocycles. The first-order valence-corrected chi connectivity index (χ1v) is 6.23. The van der Waals surface area contributed by atoms with Gasteiger partial charge in [0.05, 0.1) is 0 Å². The van der Waals surface area contributed by atoms with Gasteiger partial charge in [0.25, 0.3) is 0 Å². The van der Waals surface area contributed by atoms with Crippen LogP contribution < -0.4 is 0 Å². The second kappa shape index (κ2) is 4.79. The number of hydrogen-bond donors (Lipinski definition) is 0. The standard InChI is InChI=1S/C16H21N/c1-12-5-7-14(8-6-12)16-10-9-15(17(3)4)11-13(16)2/h5-10,13H,11H2,1-4H3. The maximum Gasteiger partial charge on any atom is 0.0134 e. The number of rotatable bonds is 2. The Morgan fingerprint density at radius 2 is 1.71 bits per heavy atom. The molecule has 0 amide bonds. The summed E-state index contributed by atoms with van der Waals surface area (Å²) in [5.74, 6) is 0.597. The molecule has 0 aromatic heterocycles. The summed E-state index contributed by atoms with van der Waals surface area (Å²) < 4.78 is 0. The molecule has 1 aromatic rings. The van der Waals surface area contributed by atoms with Crippen LogP contribution in [0.25, 0.3) is 5.57 Å². The molecule has 1 aliphatic rings. The van der Waals surface area contributed by atoms with E-state index >= 15 is 0 Å². The van der Waals surface area contributed by atoms with Gasteiger partial charge in [-0.05, 0) is 36.5 Å². The fraction of sp³-hybridized carbons (Fsp3) is 0.375. The Morgan fingerprint density at radius 1 is 1.06 bits per heavy atom. The van der Waals surface area contributed by atoms with Crippen molar-refractivity contribution in [3.8, 4) is 0 Å². The lowest BCUT2D eigenvalue weighted by Crippen LogP contribution is -2.16. The van der Waals surface area contributed by atoms with Crippen LogP contribution in [-0.2, 0) is 0 Å². The van der Waals surface area contributed by atoms with Crippen molar-refractivity contribution in [3.05, 3.63) is 53.2 Å². The molecule has 1 unspecified atom stereocenters. The third kappa shape index (κ3) is 2.60. The van der Waals surface area contributed by atoms with Gasteiger partial charge in [0.1, 0.15) is 0 Å². The predicted molar refractivity (Wildman–Crippen MR) is 74.7 cm³/mol. The number of aryl methyl sites for hydroxylation is 1. The van der Waals surface area contributed by atoms with Crippen LogP contribution >= 0.6 is 0 Å². The Morgan fingerprint density at radius 3 is 2.24 bits per heavy atom. The van der Waals surface area contributed by atoms with E-state index in [0.717, 1.165) is 6.42 Å². The first-order valence-electron chi connectivity index (χ1n) is 6.23. The Bertz CT molecular complexity index is 449. The van der Waals surface area contributed by atoms with E-state index in [9.17, 15) is 0 Å². The molecule has 0 aliphatic heterocycles. The third-order valence-corrected chi connectivity index (χ3v) is 3.46. The third-order valence-electron chi connectivity index (χ3n) is 3.46. The molecule has 0 spiro atoms. The van der Waals surface area contributed by atoms with Gasteiger partial charge in [-0.25, -0.2) is 0 Å². The van der Waals surface area contributed by atoms with Crippen LogP contribution in [0.1, 0.15) is 24.5 Å². The average molecular weight is 227 g/mol. The first-order chi connectivity index (χ1) is 8.08. The van der Waals surface area contributed by atoms with Crippen LogP contribution in [0.3, 0.4) is 0 Å². The highest BCUT2D eigenvalue weighted by Gasteiger charge is 2.17. The van der Waals surface area contributed by atoms with E-state index in [2.05, 4.69) is 69.3 Å². The maximum absolute atomic E-state index is 2.31. The van der Waals surface area contributed by atoms with E-state index in [4.69, 9.17) is 0 Å². The van der Waals surface area contributed by atoms with Crippen molar-refractivity contribution < 1.29 is 0 Å². The van der Waals surface area contributed by atoms with Crippen LogP contribution in [0.4, 0.5) is 0 Å². The molecule has 1 aromatic carbocycles. The van der Waals surface area contributed by atoms with E-state index in [0.29, 0.717) is 5.92 Å². The summed E-state index contributed by atoms with van der Waals surface area (Å²) in [7, 11) is 4.23. The first kappa shape index (κ1) is 12.0. The van der Waals surface area contributed by atoms with Gasteiger partial charge in [0.2, 0.25) is 0 Å². The van der Waals surface area contributed by atoms with Crippen LogP contribution in [0.15, 0.2) is 42.1 Å². The Labute approximate surface area is 104 Å². The van der Waals surface area contributed by atoms with Gasteiger partial charge >= 0.3 is 0 Å². The molecule has 0 radical (unpaired) electrons. The van der Waals surface area contributed by atoms with Crippen LogP contribution in [0.2, 0.25) is 0 Å². The van der Waals surface area contributed by atoms with Crippen molar-refractivity contribution in [2.45, 2.75) is 20.3 Å². The zero-order valence-corrected chi connectivity index (χ0v) is 11.2. The van der Waals surface area contributed by atoms with Gasteiger partial charge in [-0.1, -0.05) is 42.8 Å². The summed E-state index contributed by atoms with van der Waals surface area (Å²) in [6.45, 7) is 4.44. The number of nitrogens with zero attached hydrogens (tertiary/aromatic N) is 1. The van der Waals surface area contributed by atoms with Gasteiger partial charge in [-0.15, -0.1) is 0 Å². The largest absolute Gasteiger partial charge is 0.381 e. The smallest absolute Gasteiger partial charge is 0.0134 e. The van der Waals surface area contributed by atoms with Crippen molar-refractivity contribution >= 4 is 5.57 Å². The van der Waals surface area contributed by atoms with Crippen molar-refractivity contribution in [1.29, 1.82) is 0 Å². The van der Waals surface area contributed by atoms with Gasteiger partial charge in [0.15, 0.2) is 0 Å². The van der Waals surface area contributed by atoms with Crippen molar-refractivity contribution in [2.24, 2.45) is 5.92 Å². The van der Waals surface area contributed by atoms with E-state index in [1.54, 1.807) is 0 Å². The van der Waals surface area contributed by atoms with Crippen LogP contribution in [0.5, 0.6) is 0 Å². The number of allylic oxidation sites excluding steroid dienone is 4. The lowest BCUT2D eigenvalue weighted by Gasteiger charge is -2.26. The molecule has 1 atom stereocenters. The highest BCUT2D eigenvalue weighted by molar-refractivity contribution is 5.70. The Kier molecular flexibility index (Phi) is 3.37. The van der Waals surface area contributed by atoms with Crippen LogP contribution in [0, 0.1) is 12.8 Å². The van der Waals surface area contributed by atoms with Gasteiger partial charge in [-0.2, -0.15) is 0 Å². The maximum atomic E-state index is 2.31. The minimum atomic E-state index is 0.597. The minimum Gasteiger partial charge on any atom is -0.381 e. The summed E-state index contributed by atoms with van der Waals surface area (Å²) in [5, 5.41) is 0. The molecule has 90 valence electrons. The summed E-state index contributed by atoms with van der Waals surface area (Å²) in [4.78, 5) is 2.21. The molecule has 0 fully saturated rings. The molecule has 0 heterocycles. The zero-order chi connectivity index (χ0) is 12.4. The summed E-state index contributed by atoms with van der Waals surface area (Å²) in [6.07, 6.45) is 5.65. The van der Waals surface area contributed by atoms with Crippen molar-refractivity contribution in [2.75, 3.05) is 14.1 Å². The van der Waals surface area contributed by atoms with E-state index in [1.807, 2.05) is 0 Å². The SMILES string of the molecule is Cc1ccc(C2=CC=C(N(C)C)CC2C)cc1. The lowest BCUT2D eigenvalue weighted by atomic mass is 9.86. The molecule has 1 aliphatic carbocycles. The molecular weight excluding hydrogens is 206 g/mol. The van der Waals surface area contributed by atoms with E-state index < -0.39 is 0 Å². The normalized spacial score (nSPS) is 19.6. The molecule has 1 heteroatoms. The zero-order valence-electron chi connectivity index (χ0n) is 11.2. The molecule has 0 bridgehead atoms. The lowest BCUT2D eigenvalue weighted by molar-refractivity contribution is 0.465. The molecule has 2 rings (SSSR count). The van der Waals surface area contributed by atoms with Gasteiger partial charge in [-0.3, -0.25) is 0 Å². The van der Waals surface area contributed by atoms with Crippen LogP contribution in [-0.4, -0.2) is 19.0 Å². The highest BCUT2D eigenvalue weighted by atomic mass is 15.1. The molecule has 0 saturated carbocycles. The minimum absolute atomic E-state index is 0.597. The van der Waals surface area contributed by atoms with Crippen molar-refractivity contribution in [1.82, 2.24) is 4.90 Å². The van der Waals surface area contributed by atoms with Crippen molar-refractivity contribution in [3.63, 3.8) is 0 Å². The quantitative estimate of drug-likeness (QED) is 0.741. The molecule has 17 heavy (non-hydrogen) atoms. The summed E-state index contributed by atoms with van der Waals surface area (Å²) >= 11 is 0. The summed E-state index contributed by atoms with van der Waals surface area (Å²) in [6, 6.07) is 8.83. The molecular formula is C16H21N. The highest BCUT2D eigenvalue weighted by Crippen LogP contribution is 2.32. The van der Waals surface area contributed by atoms with E-state index in [-0.39, 0.29) is 0 Å². The topological polar surface area (TPSA) is 3.24 Å². The number of benzene rings is 1. The Balaban J connectivity index is 2.30. The van der Waals surface area contributed by atoms with Gasteiger partial charge in [0, 0.05) is 19.8 Å². The molecule has 0 N–H and O–H groups in total. The van der Waals surface area contributed by atoms with E-state index in [1.165, 1.54) is 22.4 Å². The predicted octanol–water partition coefficient (Wildman–Crippen LogP) is 3.86. The Hall–Kier alpha value is -1.50. The van der Waals surface area contributed by atoms with Gasteiger partial charge < -0.3 is 4.90 Å². The monoisotopic (exact) mass is 227 g/mol. The fourth-order valence-electron chi connectivity index (χ4n) is 2.30. The average Bonchev–Trinajstić information content (AvgIpc) is 2.30. The number of hydrogen-bond acceptors (Lipinski definition) is 1. The molecule has 1 nitrogen and oxygen atoms in total. The summed E-state index contributed by atoms with van der Waals surface area (Å²) in [5.41, 5.74) is 5.54.